The third kappa shape index (κ3) is 6.12. The second kappa shape index (κ2) is 14.8. The lowest BCUT2D eigenvalue weighted by molar-refractivity contribution is 1.18. The topological polar surface area (TPSA) is 9.86 Å². The van der Waals surface area contributed by atoms with E-state index in [1.165, 1.54) is 99.2 Å². The lowest BCUT2D eigenvalue weighted by Crippen LogP contribution is -1.94. The first-order chi connectivity index (χ1) is 30.7. The zero-order valence-corrected chi connectivity index (χ0v) is 34.0. The predicted octanol–water partition coefficient (Wildman–Crippen LogP) is 16.2. The number of fused-ring (bicyclic) bond motifs is 6. The molecule has 0 unspecified atom stereocenters. The van der Waals surface area contributed by atoms with Crippen LogP contribution >= 0.6 is 0 Å². The number of rotatable bonds is 7. The highest BCUT2D eigenvalue weighted by Gasteiger charge is 2.17. The number of aromatic nitrogens is 2. The van der Waals surface area contributed by atoms with Gasteiger partial charge in [-0.3, -0.25) is 0 Å². The fourth-order valence-electron chi connectivity index (χ4n) is 9.50. The van der Waals surface area contributed by atoms with Gasteiger partial charge < -0.3 is 9.13 Å². The van der Waals surface area contributed by atoms with Crippen molar-refractivity contribution in [2.24, 2.45) is 0 Å². The Bertz CT molecular complexity index is 3600. The van der Waals surface area contributed by atoms with Crippen LogP contribution in [0.3, 0.4) is 0 Å². The Morgan fingerprint density at radius 2 is 0.500 bits per heavy atom. The van der Waals surface area contributed by atoms with Crippen molar-refractivity contribution < 1.29 is 0 Å². The molecule has 2 nitrogen and oxygen atoms in total. The summed E-state index contributed by atoms with van der Waals surface area (Å²) in [5.41, 5.74) is 19.0. The smallest absolute Gasteiger partial charge is 0.0547 e. The molecule has 0 fully saturated rings. The van der Waals surface area contributed by atoms with Crippen LogP contribution < -0.4 is 0 Å². The Labute approximate surface area is 360 Å². The fraction of sp³-hybridized carbons (Fsp3) is 0. The lowest BCUT2D eigenvalue weighted by Gasteiger charge is -2.14. The van der Waals surface area contributed by atoms with Crippen molar-refractivity contribution in [3.8, 4) is 67.0 Å². The molecule has 0 aliphatic carbocycles. The average molecular weight is 789 g/mol. The number of hydrogen-bond donors (Lipinski definition) is 0. The summed E-state index contributed by atoms with van der Waals surface area (Å²) >= 11 is 0. The Morgan fingerprint density at radius 3 is 1.02 bits per heavy atom. The number of nitrogens with zero attached hydrogens (tertiary/aromatic N) is 2. The average Bonchev–Trinajstić information content (AvgIpc) is 3.87. The van der Waals surface area contributed by atoms with Crippen LogP contribution in [-0.4, -0.2) is 9.13 Å². The lowest BCUT2D eigenvalue weighted by atomic mass is 9.91. The van der Waals surface area contributed by atoms with E-state index in [0.29, 0.717) is 0 Å². The molecule has 2 aromatic heterocycles. The molecule has 0 amide bonds. The van der Waals surface area contributed by atoms with Crippen molar-refractivity contribution in [3.05, 3.63) is 243 Å². The molecule has 0 saturated heterocycles. The molecule has 0 N–H and O–H groups in total. The van der Waals surface area contributed by atoms with Crippen LogP contribution in [0.2, 0.25) is 0 Å². The maximum Gasteiger partial charge on any atom is 0.0547 e. The van der Waals surface area contributed by atoms with E-state index in [2.05, 4.69) is 252 Å². The SMILES string of the molecule is c1ccc(-c2ccc(-n3c4ccccc4c4ccc(-c5cc(-c6cccc(-c7ccccc7)c6)cc(-c6ccc7c8ccccc8n(-c8ccccc8)c7c6)c5)cc43)cc2)cc1. The summed E-state index contributed by atoms with van der Waals surface area (Å²) in [5, 5.41) is 4.98. The summed E-state index contributed by atoms with van der Waals surface area (Å²) in [5.74, 6) is 0. The van der Waals surface area contributed by atoms with E-state index in [9.17, 15) is 0 Å². The van der Waals surface area contributed by atoms with Crippen LogP contribution in [0.25, 0.3) is 111 Å². The van der Waals surface area contributed by atoms with Crippen LogP contribution in [0.5, 0.6) is 0 Å². The predicted molar refractivity (Wildman–Crippen MR) is 262 cm³/mol. The molecule has 12 rings (SSSR count). The molecule has 0 saturated carbocycles. The van der Waals surface area contributed by atoms with Gasteiger partial charge in [-0.05, 0) is 128 Å². The molecule has 10 aromatic carbocycles. The van der Waals surface area contributed by atoms with Gasteiger partial charge in [0.25, 0.3) is 0 Å². The van der Waals surface area contributed by atoms with Crippen LogP contribution in [0.1, 0.15) is 0 Å². The van der Waals surface area contributed by atoms with Crippen molar-refractivity contribution in [2.45, 2.75) is 0 Å². The van der Waals surface area contributed by atoms with Gasteiger partial charge in [-0.25, -0.2) is 0 Å². The zero-order chi connectivity index (χ0) is 41.0. The van der Waals surface area contributed by atoms with Gasteiger partial charge in [0, 0.05) is 32.9 Å². The summed E-state index contributed by atoms with van der Waals surface area (Å²) in [6.07, 6.45) is 0. The molecule has 0 aliphatic rings. The van der Waals surface area contributed by atoms with Crippen LogP contribution in [-0.2, 0) is 0 Å². The molecular formula is C60H40N2. The first kappa shape index (κ1) is 35.7. The Balaban J connectivity index is 1.06. The molecule has 2 heteroatoms. The monoisotopic (exact) mass is 788 g/mol. The van der Waals surface area contributed by atoms with E-state index < -0.39 is 0 Å². The maximum absolute atomic E-state index is 2.42. The molecule has 0 bridgehead atoms. The largest absolute Gasteiger partial charge is 0.309 e. The minimum absolute atomic E-state index is 1.14. The van der Waals surface area contributed by atoms with Gasteiger partial charge in [0.05, 0.1) is 22.1 Å². The molecule has 0 spiro atoms. The van der Waals surface area contributed by atoms with Crippen molar-refractivity contribution in [2.75, 3.05) is 0 Å². The quantitative estimate of drug-likeness (QED) is 0.152. The van der Waals surface area contributed by atoms with E-state index >= 15 is 0 Å². The van der Waals surface area contributed by atoms with Crippen LogP contribution in [0.15, 0.2) is 243 Å². The van der Waals surface area contributed by atoms with E-state index in [4.69, 9.17) is 0 Å². The van der Waals surface area contributed by atoms with Crippen LogP contribution in [0, 0.1) is 0 Å². The van der Waals surface area contributed by atoms with Gasteiger partial charge in [0.15, 0.2) is 0 Å². The third-order valence-corrected chi connectivity index (χ3v) is 12.5. The van der Waals surface area contributed by atoms with Gasteiger partial charge in [-0.2, -0.15) is 0 Å². The molecule has 0 aliphatic heterocycles. The molecular weight excluding hydrogens is 749 g/mol. The van der Waals surface area contributed by atoms with Gasteiger partial charge in [-0.1, -0.05) is 170 Å². The molecule has 62 heavy (non-hydrogen) atoms. The Morgan fingerprint density at radius 1 is 0.177 bits per heavy atom. The minimum atomic E-state index is 1.14. The van der Waals surface area contributed by atoms with E-state index in [1.807, 2.05) is 0 Å². The molecule has 2 heterocycles. The van der Waals surface area contributed by atoms with Gasteiger partial charge in [0.1, 0.15) is 0 Å². The molecule has 0 radical (unpaired) electrons. The summed E-state index contributed by atoms with van der Waals surface area (Å²) in [7, 11) is 0. The maximum atomic E-state index is 2.42. The summed E-state index contributed by atoms with van der Waals surface area (Å²) in [6, 6.07) is 88.6. The summed E-state index contributed by atoms with van der Waals surface area (Å²) in [6.45, 7) is 0. The van der Waals surface area contributed by atoms with Crippen molar-refractivity contribution in [3.63, 3.8) is 0 Å². The highest BCUT2D eigenvalue weighted by molar-refractivity contribution is 6.11. The van der Waals surface area contributed by atoms with E-state index in [0.717, 1.165) is 11.4 Å². The molecule has 0 atom stereocenters. The summed E-state index contributed by atoms with van der Waals surface area (Å²) < 4.78 is 4.83. The fourth-order valence-corrected chi connectivity index (χ4v) is 9.50. The van der Waals surface area contributed by atoms with Crippen molar-refractivity contribution >= 4 is 43.6 Å². The van der Waals surface area contributed by atoms with E-state index in [1.54, 1.807) is 0 Å². The van der Waals surface area contributed by atoms with E-state index in [-0.39, 0.29) is 0 Å². The highest BCUT2D eigenvalue weighted by Crippen LogP contribution is 2.40. The first-order valence-electron chi connectivity index (χ1n) is 21.3. The third-order valence-electron chi connectivity index (χ3n) is 12.5. The van der Waals surface area contributed by atoms with Gasteiger partial charge in [0.2, 0.25) is 0 Å². The molecule has 290 valence electrons. The standard InChI is InChI=1S/C60H40N2/c1-4-15-41(16-5-1)43-27-31-52(32-28-43)62-58-26-13-11-24-54(58)56-34-30-47(40-60(56)62)50-37-48(45-20-14-19-44(35-45)42-17-6-2-7-18-42)36-49(38-50)46-29-33-55-53-23-10-12-25-57(53)61(59(55)39-46)51-21-8-3-9-22-51/h1-40H. The Hall–Kier alpha value is -8.20. The second-order valence-electron chi connectivity index (χ2n) is 16.2. The summed E-state index contributed by atoms with van der Waals surface area (Å²) in [4.78, 5) is 0. The number of para-hydroxylation sites is 3. The van der Waals surface area contributed by atoms with Gasteiger partial charge >= 0.3 is 0 Å². The normalized spacial score (nSPS) is 11.5. The first-order valence-corrected chi connectivity index (χ1v) is 21.3. The van der Waals surface area contributed by atoms with Crippen molar-refractivity contribution in [1.82, 2.24) is 9.13 Å². The van der Waals surface area contributed by atoms with Gasteiger partial charge in [-0.15, -0.1) is 0 Å². The number of benzene rings is 10. The second-order valence-corrected chi connectivity index (χ2v) is 16.2. The van der Waals surface area contributed by atoms with Crippen molar-refractivity contribution in [1.29, 1.82) is 0 Å². The Kier molecular flexibility index (Phi) is 8.53. The van der Waals surface area contributed by atoms with Crippen LogP contribution in [0.4, 0.5) is 0 Å². The highest BCUT2D eigenvalue weighted by atomic mass is 15.0. The molecule has 12 aromatic rings. The minimum Gasteiger partial charge on any atom is -0.309 e. The number of hydrogen-bond acceptors (Lipinski definition) is 0. The zero-order valence-electron chi connectivity index (χ0n) is 34.0.